The molecule has 0 spiro atoms. The van der Waals surface area contributed by atoms with E-state index < -0.39 is 28.5 Å². The van der Waals surface area contributed by atoms with E-state index in [1.54, 1.807) is 39.0 Å². The number of nitro benzene ring substituents is 1. The molecule has 4 rings (SSSR count). The first-order valence-corrected chi connectivity index (χ1v) is 10.7. The molecule has 0 saturated carbocycles. The standard InChI is InChI=1S/C23H24FN5O5/c1-23(2,3)33-22(30)28-10-9-25-13-19(28)17-8-7-15(12-18(17)29(31)32)21-26-20(27-34-21)14-5-4-6-16(24)11-14/h4-8,11-12,19,25H,9-10,13H2,1-3H3. The molecule has 1 fully saturated rings. The second-order valence-corrected chi connectivity index (χ2v) is 8.86. The minimum atomic E-state index is -0.695. The predicted molar refractivity (Wildman–Crippen MR) is 120 cm³/mol. The number of rotatable bonds is 4. The lowest BCUT2D eigenvalue weighted by Gasteiger charge is -2.37. The number of nitro groups is 1. The molecule has 1 aliphatic heterocycles. The molecule has 11 heteroatoms. The highest BCUT2D eigenvalue weighted by molar-refractivity contribution is 5.70. The van der Waals surface area contributed by atoms with Gasteiger partial charge in [0.1, 0.15) is 11.4 Å². The van der Waals surface area contributed by atoms with Crippen LogP contribution in [0.4, 0.5) is 14.9 Å². The summed E-state index contributed by atoms with van der Waals surface area (Å²) in [6.07, 6.45) is -0.533. The second kappa shape index (κ2) is 9.18. The van der Waals surface area contributed by atoms with Crippen molar-refractivity contribution in [3.63, 3.8) is 0 Å². The minimum absolute atomic E-state index is 0.0553. The van der Waals surface area contributed by atoms with E-state index in [9.17, 15) is 19.3 Å². The van der Waals surface area contributed by atoms with Crippen molar-refractivity contribution in [3.05, 3.63) is 64.0 Å². The number of carbonyl (C=O) groups is 1. The van der Waals surface area contributed by atoms with E-state index in [1.807, 2.05) is 0 Å². The van der Waals surface area contributed by atoms with Crippen molar-refractivity contribution in [1.29, 1.82) is 0 Å². The summed E-state index contributed by atoms with van der Waals surface area (Å²) >= 11 is 0. The smallest absolute Gasteiger partial charge is 0.410 e. The molecule has 178 valence electrons. The number of ether oxygens (including phenoxy) is 1. The van der Waals surface area contributed by atoms with Gasteiger partial charge >= 0.3 is 6.09 Å². The van der Waals surface area contributed by atoms with E-state index in [2.05, 4.69) is 15.5 Å². The first-order valence-electron chi connectivity index (χ1n) is 10.7. The van der Waals surface area contributed by atoms with Gasteiger partial charge in [-0.1, -0.05) is 17.3 Å². The average molecular weight is 469 g/mol. The van der Waals surface area contributed by atoms with Gasteiger partial charge in [-0.05, 0) is 45.0 Å². The van der Waals surface area contributed by atoms with Gasteiger partial charge in [0.05, 0.1) is 16.5 Å². The molecule has 3 aromatic rings. The fraction of sp³-hybridized carbons (Fsp3) is 0.348. The molecular weight excluding hydrogens is 445 g/mol. The Bertz CT molecular complexity index is 1220. The third kappa shape index (κ3) is 5.04. The van der Waals surface area contributed by atoms with Crippen molar-refractivity contribution in [3.8, 4) is 22.8 Å². The summed E-state index contributed by atoms with van der Waals surface area (Å²) in [6.45, 7) is 6.53. The zero-order valence-electron chi connectivity index (χ0n) is 18.9. The van der Waals surface area contributed by atoms with E-state index in [4.69, 9.17) is 9.26 Å². The molecule has 1 saturated heterocycles. The van der Waals surface area contributed by atoms with Crippen LogP contribution >= 0.6 is 0 Å². The molecule has 1 amide bonds. The lowest BCUT2D eigenvalue weighted by atomic mass is 9.99. The molecule has 0 bridgehead atoms. The van der Waals surface area contributed by atoms with Gasteiger partial charge in [-0.25, -0.2) is 9.18 Å². The first kappa shape index (κ1) is 23.3. The number of nitrogens with zero attached hydrogens (tertiary/aromatic N) is 4. The first-order chi connectivity index (χ1) is 16.1. The lowest BCUT2D eigenvalue weighted by Crippen LogP contribution is -2.50. The Balaban J connectivity index is 1.67. The van der Waals surface area contributed by atoms with Crippen LogP contribution in [0.3, 0.4) is 0 Å². The van der Waals surface area contributed by atoms with E-state index >= 15 is 0 Å². The molecule has 0 radical (unpaired) electrons. The number of carbonyl (C=O) groups excluding carboxylic acids is 1. The van der Waals surface area contributed by atoms with Crippen molar-refractivity contribution in [2.24, 2.45) is 0 Å². The molecular formula is C23H24FN5O5. The fourth-order valence-corrected chi connectivity index (χ4v) is 3.72. The third-order valence-electron chi connectivity index (χ3n) is 5.21. The molecule has 2 aromatic carbocycles. The summed E-state index contributed by atoms with van der Waals surface area (Å²) in [4.78, 5) is 30.0. The van der Waals surface area contributed by atoms with E-state index in [0.717, 1.165) is 0 Å². The number of amides is 1. The summed E-state index contributed by atoms with van der Waals surface area (Å²) in [5.41, 5.74) is 0.224. The topological polar surface area (TPSA) is 124 Å². The quantitative estimate of drug-likeness (QED) is 0.442. The van der Waals surface area contributed by atoms with Crippen LogP contribution in [0.2, 0.25) is 0 Å². The van der Waals surface area contributed by atoms with Gasteiger partial charge in [0.2, 0.25) is 5.82 Å². The highest BCUT2D eigenvalue weighted by atomic mass is 19.1. The van der Waals surface area contributed by atoms with E-state index in [1.165, 1.54) is 29.2 Å². The lowest BCUT2D eigenvalue weighted by molar-refractivity contribution is -0.385. The highest BCUT2D eigenvalue weighted by Gasteiger charge is 2.35. The van der Waals surface area contributed by atoms with Crippen LogP contribution in [0.5, 0.6) is 0 Å². The van der Waals surface area contributed by atoms with E-state index in [-0.39, 0.29) is 17.4 Å². The normalized spacial score (nSPS) is 16.4. The maximum Gasteiger partial charge on any atom is 0.410 e. The number of nitrogens with one attached hydrogen (secondary N) is 1. The summed E-state index contributed by atoms with van der Waals surface area (Å²) in [5.74, 6) is -0.229. The van der Waals surface area contributed by atoms with Crippen molar-refractivity contribution in [2.75, 3.05) is 19.6 Å². The number of halogens is 1. The number of hydrogen-bond donors (Lipinski definition) is 1. The second-order valence-electron chi connectivity index (χ2n) is 8.86. The van der Waals surface area contributed by atoms with Crippen molar-refractivity contribution in [2.45, 2.75) is 32.4 Å². The molecule has 1 aromatic heterocycles. The Labute approximate surface area is 194 Å². The van der Waals surface area contributed by atoms with Crippen LogP contribution in [0.1, 0.15) is 32.4 Å². The maximum atomic E-state index is 13.5. The largest absolute Gasteiger partial charge is 0.444 e. The Hall–Kier alpha value is -3.86. The molecule has 1 atom stereocenters. The Morgan fingerprint density at radius 3 is 2.76 bits per heavy atom. The zero-order valence-corrected chi connectivity index (χ0v) is 18.9. The molecule has 34 heavy (non-hydrogen) atoms. The average Bonchev–Trinajstić information content (AvgIpc) is 3.28. The van der Waals surface area contributed by atoms with Crippen molar-refractivity contribution < 1.29 is 23.4 Å². The van der Waals surface area contributed by atoms with E-state index in [0.29, 0.717) is 36.3 Å². The summed E-state index contributed by atoms with van der Waals surface area (Å²) in [5, 5.41) is 19.0. The van der Waals surface area contributed by atoms with Gasteiger partial charge in [0.15, 0.2) is 0 Å². The van der Waals surface area contributed by atoms with Gasteiger partial charge in [0.25, 0.3) is 11.6 Å². The molecule has 1 aliphatic rings. The SMILES string of the molecule is CC(C)(C)OC(=O)N1CCNCC1c1ccc(-c2nc(-c3cccc(F)c3)no2)cc1[N+](=O)[O-]. The Morgan fingerprint density at radius 1 is 1.26 bits per heavy atom. The van der Waals surface area contributed by atoms with Crippen LogP contribution in [-0.2, 0) is 4.74 Å². The summed E-state index contributed by atoms with van der Waals surface area (Å²) in [6, 6.07) is 9.65. The summed E-state index contributed by atoms with van der Waals surface area (Å²) in [7, 11) is 0. The van der Waals surface area contributed by atoms with Crippen LogP contribution in [-0.4, -0.2) is 51.3 Å². The molecule has 1 N–H and O–H groups in total. The third-order valence-corrected chi connectivity index (χ3v) is 5.21. The van der Waals surface area contributed by atoms with Gasteiger partial charge < -0.3 is 14.6 Å². The number of aromatic nitrogens is 2. The van der Waals surface area contributed by atoms with Crippen molar-refractivity contribution >= 4 is 11.8 Å². The number of piperazine rings is 1. The van der Waals surface area contributed by atoms with Crippen LogP contribution in [0, 0.1) is 15.9 Å². The van der Waals surface area contributed by atoms with Crippen LogP contribution < -0.4 is 5.32 Å². The summed E-state index contributed by atoms with van der Waals surface area (Å²) < 4.78 is 24.3. The molecule has 0 aliphatic carbocycles. The van der Waals surface area contributed by atoms with Gasteiger partial charge in [-0.3, -0.25) is 15.0 Å². The van der Waals surface area contributed by atoms with Gasteiger partial charge in [-0.2, -0.15) is 4.98 Å². The van der Waals surface area contributed by atoms with Crippen molar-refractivity contribution in [1.82, 2.24) is 20.4 Å². The number of hydrogen-bond acceptors (Lipinski definition) is 8. The van der Waals surface area contributed by atoms with Crippen LogP contribution in [0.15, 0.2) is 47.0 Å². The Morgan fingerprint density at radius 2 is 2.06 bits per heavy atom. The maximum absolute atomic E-state index is 13.5. The monoisotopic (exact) mass is 469 g/mol. The zero-order chi connectivity index (χ0) is 24.5. The molecule has 10 nitrogen and oxygen atoms in total. The predicted octanol–water partition coefficient (Wildman–Crippen LogP) is 4.33. The van der Waals surface area contributed by atoms with Gasteiger partial charge in [0, 0.05) is 36.8 Å². The minimum Gasteiger partial charge on any atom is -0.444 e. The van der Waals surface area contributed by atoms with Gasteiger partial charge in [-0.15, -0.1) is 0 Å². The van der Waals surface area contributed by atoms with Crippen LogP contribution in [0.25, 0.3) is 22.8 Å². The Kier molecular flexibility index (Phi) is 6.29. The highest BCUT2D eigenvalue weighted by Crippen LogP contribution is 2.35. The molecule has 2 heterocycles. The number of benzene rings is 2. The molecule has 1 unspecified atom stereocenters. The fourth-order valence-electron chi connectivity index (χ4n) is 3.72.